The van der Waals surface area contributed by atoms with Crippen LogP contribution in [0.2, 0.25) is 0 Å². The number of hydrogen-bond donors (Lipinski definition) is 1. The Hall–Kier alpha value is -3.25. The normalized spacial score (nSPS) is 20.4. The highest BCUT2D eigenvalue weighted by Gasteiger charge is 2.32. The average Bonchev–Trinajstić information content (AvgIpc) is 3.41. The molecule has 2 aliphatic rings. The van der Waals surface area contributed by atoms with Gasteiger partial charge in [0.05, 0.1) is 17.4 Å². The third-order valence-corrected chi connectivity index (χ3v) is 6.45. The van der Waals surface area contributed by atoms with Crippen LogP contribution in [0.15, 0.2) is 59.1 Å². The van der Waals surface area contributed by atoms with Crippen LogP contribution in [0.5, 0.6) is 0 Å². The lowest BCUT2D eigenvalue weighted by Crippen LogP contribution is -2.29. The molecule has 6 heteroatoms. The van der Waals surface area contributed by atoms with Crippen molar-refractivity contribution in [1.29, 1.82) is 0 Å². The Bertz CT molecular complexity index is 1120. The molecule has 0 bridgehead atoms. The molecule has 0 radical (unpaired) electrons. The van der Waals surface area contributed by atoms with Gasteiger partial charge in [0, 0.05) is 31.5 Å². The number of likely N-dealkylation sites (tertiary alicyclic amines) is 1. The highest BCUT2D eigenvalue weighted by Crippen LogP contribution is 2.31. The summed E-state index contributed by atoms with van der Waals surface area (Å²) in [5.74, 6) is 0.877. The fraction of sp³-hybridized carbons (Fsp3) is 0.346. The number of β-amino-alcohol motifs (C(OH)–C–C–N with tert-alkyl or cyclic N) is 1. The second kappa shape index (κ2) is 8.71. The van der Waals surface area contributed by atoms with Crippen LogP contribution >= 0.6 is 0 Å². The first-order chi connectivity index (χ1) is 15.6. The van der Waals surface area contributed by atoms with E-state index in [-0.39, 0.29) is 17.6 Å². The zero-order valence-electron chi connectivity index (χ0n) is 17.9. The second-order valence-electron chi connectivity index (χ2n) is 8.88. The molecule has 1 aliphatic heterocycles. The van der Waals surface area contributed by atoms with E-state index in [1.165, 1.54) is 5.56 Å². The minimum Gasteiger partial charge on any atom is -0.391 e. The van der Waals surface area contributed by atoms with Gasteiger partial charge in [0.25, 0.3) is 5.91 Å². The molecule has 1 saturated heterocycles. The van der Waals surface area contributed by atoms with Crippen LogP contribution in [-0.4, -0.2) is 46.0 Å². The number of carbonyl (C=O) groups is 2. The van der Waals surface area contributed by atoms with Crippen LogP contribution in [0.1, 0.15) is 56.1 Å². The van der Waals surface area contributed by atoms with Gasteiger partial charge < -0.3 is 14.5 Å². The van der Waals surface area contributed by atoms with Crippen LogP contribution in [0, 0.1) is 5.92 Å². The summed E-state index contributed by atoms with van der Waals surface area (Å²) >= 11 is 0. The van der Waals surface area contributed by atoms with Crippen LogP contribution in [0.4, 0.5) is 0 Å². The first kappa shape index (κ1) is 20.6. The minimum atomic E-state index is -0.430. The summed E-state index contributed by atoms with van der Waals surface area (Å²) in [6.45, 7) is 0.970. The molecule has 164 valence electrons. The van der Waals surface area contributed by atoms with Crippen molar-refractivity contribution < 1.29 is 19.2 Å². The van der Waals surface area contributed by atoms with Crippen molar-refractivity contribution >= 4 is 11.7 Å². The summed E-state index contributed by atoms with van der Waals surface area (Å²) in [6.07, 6.45) is 2.77. The summed E-state index contributed by atoms with van der Waals surface area (Å²) in [5.41, 5.74) is 4.19. The number of aliphatic hydroxyl groups excluding tert-OH is 1. The van der Waals surface area contributed by atoms with E-state index in [2.05, 4.69) is 17.3 Å². The maximum absolute atomic E-state index is 12.9. The Balaban J connectivity index is 1.26. The summed E-state index contributed by atoms with van der Waals surface area (Å²) < 4.78 is 5.59. The molecule has 0 saturated carbocycles. The molecule has 2 atom stereocenters. The third-order valence-electron chi connectivity index (χ3n) is 6.45. The number of rotatable bonds is 5. The van der Waals surface area contributed by atoms with Gasteiger partial charge in [-0.1, -0.05) is 47.6 Å². The highest BCUT2D eigenvalue weighted by molar-refractivity contribution is 5.99. The van der Waals surface area contributed by atoms with Crippen molar-refractivity contribution in [2.45, 2.75) is 38.2 Å². The van der Waals surface area contributed by atoms with Gasteiger partial charge in [-0.15, -0.1) is 0 Å². The second-order valence-corrected chi connectivity index (χ2v) is 8.88. The van der Waals surface area contributed by atoms with Crippen molar-refractivity contribution in [3.8, 4) is 0 Å². The van der Waals surface area contributed by atoms with Gasteiger partial charge in [0.1, 0.15) is 0 Å². The SMILES string of the molecule is O=C1CC(Cc2ccccc2)Cc2noc(Cc3ccc(C(=O)N4CCC(O)C4)cc3)c21. The van der Waals surface area contributed by atoms with Gasteiger partial charge in [-0.3, -0.25) is 9.59 Å². The third kappa shape index (κ3) is 4.23. The van der Waals surface area contributed by atoms with E-state index in [1.807, 2.05) is 30.3 Å². The molecule has 0 spiro atoms. The maximum Gasteiger partial charge on any atom is 0.253 e. The average molecular weight is 431 g/mol. The molecule has 3 aromatic rings. The first-order valence-electron chi connectivity index (χ1n) is 11.2. The maximum atomic E-state index is 12.9. The standard InChI is InChI=1S/C26H26N2O4/c29-21-10-11-28(16-21)26(31)20-8-6-18(7-9-20)15-24-25-22(27-32-24)13-19(14-23(25)30)12-17-4-2-1-3-5-17/h1-9,19,21,29H,10-16H2. The zero-order chi connectivity index (χ0) is 22.1. The number of amides is 1. The predicted molar refractivity (Wildman–Crippen MR) is 119 cm³/mol. The summed E-state index contributed by atoms with van der Waals surface area (Å²) in [6, 6.07) is 17.6. The van der Waals surface area contributed by atoms with Gasteiger partial charge in [0.15, 0.2) is 11.5 Å². The number of hydrogen-bond acceptors (Lipinski definition) is 5. The minimum absolute atomic E-state index is 0.0650. The molecule has 1 fully saturated rings. The molecule has 32 heavy (non-hydrogen) atoms. The Morgan fingerprint density at radius 3 is 2.56 bits per heavy atom. The Labute approximate surface area is 186 Å². The molecule has 1 amide bonds. The molecule has 1 aliphatic carbocycles. The molecule has 2 heterocycles. The number of Topliss-reactive ketones (excluding diaryl/α,β-unsaturated/α-hetero) is 1. The number of aromatic nitrogens is 1. The smallest absolute Gasteiger partial charge is 0.253 e. The summed E-state index contributed by atoms with van der Waals surface area (Å²) in [4.78, 5) is 27.1. The number of carbonyl (C=O) groups excluding carboxylic acids is 2. The van der Waals surface area contributed by atoms with Crippen LogP contribution in [0.3, 0.4) is 0 Å². The summed E-state index contributed by atoms with van der Waals surface area (Å²) in [5, 5.41) is 13.9. The van der Waals surface area contributed by atoms with Crippen LogP contribution in [-0.2, 0) is 19.3 Å². The number of aliphatic hydroxyl groups is 1. The summed E-state index contributed by atoms with van der Waals surface area (Å²) in [7, 11) is 0. The van der Waals surface area contributed by atoms with Crippen LogP contribution in [0.25, 0.3) is 0 Å². The molecule has 5 rings (SSSR count). The molecule has 1 N–H and O–H groups in total. The Morgan fingerprint density at radius 2 is 1.84 bits per heavy atom. The van der Waals surface area contributed by atoms with Crippen molar-refractivity contribution in [2.75, 3.05) is 13.1 Å². The predicted octanol–water partition coefficient (Wildman–Crippen LogP) is 3.46. The van der Waals surface area contributed by atoms with Crippen molar-refractivity contribution in [1.82, 2.24) is 10.1 Å². The van der Waals surface area contributed by atoms with Gasteiger partial charge in [0.2, 0.25) is 0 Å². The van der Waals surface area contributed by atoms with E-state index in [0.717, 1.165) is 24.1 Å². The van der Waals surface area contributed by atoms with Gasteiger partial charge in [-0.05, 0) is 48.4 Å². The molecule has 2 aromatic carbocycles. The zero-order valence-corrected chi connectivity index (χ0v) is 17.9. The largest absolute Gasteiger partial charge is 0.391 e. The molecule has 1 aromatic heterocycles. The van der Waals surface area contributed by atoms with E-state index >= 15 is 0 Å². The number of ketones is 1. The lowest BCUT2D eigenvalue weighted by Gasteiger charge is -2.20. The molecule has 2 unspecified atom stereocenters. The topological polar surface area (TPSA) is 83.6 Å². The van der Waals surface area contributed by atoms with Crippen LogP contribution < -0.4 is 0 Å². The number of fused-ring (bicyclic) bond motifs is 1. The molecule has 6 nitrogen and oxygen atoms in total. The van der Waals surface area contributed by atoms with Crippen molar-refractivity contribution in [3.63, 3.8) is 0 Å². The van der Waals surface area contributed by atoms with Crippen molar-refractivity contribution in [3.05, 3.63) is 88.3 Å². The quantitative estimate of drug-likeness (QED) is 0.670. The molecular weight excluding hydrogens is 404 g/mol. The number of nitrogens with zero attached hydrogens (tertiary/aromatic N) is 2. The lowest BCUT2D eigenvalue weighted by molar-refractivity contribution is 0.0764. The lowest BCUT2D eigenvalue weighted by atomic mass is 9.82. The van der Waals surface area contributed by atoms with E-state index in [4.69, 9.17) is 4.52 Å². The van der Waals surface area contributed by atoms with Gasteiger partial charge in [-0.25, -0.2) is 0 Å². The van der Waals surface area contributed by atoms with E-state index in [1.54, 1.807) is 17.0 Å². The number of benzene rings is 2. The van der Waals surface area contributed by atoms with Gasteiger partial charge in [-0.2, -0.15) is 0 Å². The fourth-order valence-electron chi connectivity index (χ4n) is 4.80. The van der Waals surface area contributed by atoms with Crippen molar-refractivity contribution in [2.24, 2.45) is 5.92 Å². The van der Waals surface area contributed by atoms with E-state index < -0.39 is 6.10 Å². The first-order valence-corrected chi connectivity index (χ1v) is 11.2. The highest BCUT2D eigenvalue weighted by atomic mass is 16.5. The van der Waals surface area contributed by atoms with E-state index in [9.17, 15) is 14.7 Å². The van der Waals surface area contributed by atoms with E-state index in [0.29, 0.717) is 49.2 Å². The monoisotopic (exact) mass is 430 g/mol. The Kier molecular flexibility index (Phi) is 5.62. The fourth-order valence-corrected chi connectivity index (χ4v) is 4.80. The van der Waals surface area contributed by atoms with Gasteiger partial charge >= 0.3 is 0 Å². The molecular formula is C26H26N2O4. The Morgan fingerprint density at radius 1 is 1.06 bits per heavy atom.